The minimum atomic E-state index is 1.04. The fraction of sp³-hybridized carbons (Fsp3) is 1.00. The maximum absolute atomic E-state index is 2.34. The van der Waals surface area contributed by atoms with Gasteiger partial charge in [-0.2, -0.15) is 0 Å². The Kier molecular flexibility index (Phi) is 25.6. The molecule has 0 saturated heterocycles. The molecule has 26 heavy (non-hydrogen) atoms. The molecular weight excluding hydrogens is 288 g/mol. The lowest BCUT2D eigenvalue weighted by Gasteiger charge is -2.13. The second-order valence-corrected chi connectivity index (χ2v) is 8.89. The molecule has 0 aromatic heterocycles. The molecule has 0 nitrogen and oxygen atoms in total. The molecule has 0 radical (unpaired) electrons. The van der Waals surface area contributed by atoms with Gasteiger partial charge in [-0.05, 0) is 0 Å². The summed E-state index contributed by atoms with van der Waals surface area (Å²) in [6.45, 7) is 2.34. The first-order chi connectivity index (χ1) is 12.8. The lowest BCUT2D eigenvalue weighted by molar-refractivity contribution is 0.688. The van der Waals surface area contributed by atoms with Crippen molar-refractivity contribution < 1.29 is 0 Å². The standard InChI is InChI=1S/C6H34B20/c1-2-3-4-5-6(9-13-17-21-25-23-19-15-11-7)10-14-18-22-26-24-20-16-12-8/h6,9-26H,2-5,7-8H2,1H3. The van der Waals surface area contributed by atoms with Gasteiger partial charge in [-0.15, -0.1) is 5.72 Å². The summed E-state index contributed by atoms with van der Waals surface area (Å²) in [6, 6.07) is 0. The van der Waals surface area contributed by atoms with Crippen molar-refractivity contribution in [2.75, 3.05) is 0 Å². The molecule has 118 valence electrons. The summed E-state index contributed by atoms with van der Waals surface area (Å²) < 4.78 is 0. The van der Waals surface area contributed by atoms with Gasteiger partial charge in [-0.25, -0.2) is 0 Å². The second kappa shape index (κ2) is 24.3. The zero-order valence-electron chi connectivity index (χ0n) is 19.1. The largest absolute Gasteiger partial charge is 0.104 e. The summed E-state index contributed by atoms with van der Waals surface area (Å²) in [6.07, 6.45) is 5.82. The predicted molar refractivity (Wildman–Crippen MR) is 174 cm³/mol. The van der Waals surface area contributed by atoms with Gasteiger partial charge >= 0.3 is 0 Å². The summed E-state index contributed by atoms with van der Waals surface area (Å²) in [4.78, 5) is 0. The molecule has 0 aromatic rings. The Morgan fingerprint density at radius 2 is 0.923 bits per heavy atom. The van der Waals surface area contributed by atoms with Crippen molar-refractivity contribution >= 4 is 143 Å². The molecule has 0 spiro atoms. The molecule has 0 atom stereocenters. The molecular formula is C6H34B20. The first kappa shape index (κ1) is 27.3. The summed E-state index contributed by atoms with van der Waals surface area (Å²) in [5.74, 6) is 0. The number of hydrogen-bond donors (Lipinski definition) is 0. The van der Waals surface area contributed by atoms with E-state index in [9.17, 15) is 0 Å². The van der Waals surface area contributed by atoms with Crippen molar-refractivity contribution in [1.29, 1.82) is 0 Å². The molecule has 0 saturated carbocycles. The molecule has 0 heterocycles. The van der Waals surface area contributed by atoms with Crippen molar-refractivity contribution in [2.24, 2.45) is 0 Å². The molecule has 0 aliphatic rings. The Balaban J connectivity index is 3.63. The van der Waals surface area contributed by atoms with Crippen LogP contribution in [0, 0.1) is 0 Å². The van der Waals surface area contributed by atoms with Gasteiger partial charge in [0, 0.05) is 113 Å². The third-order valence-electron chi connectivity index (χ3n) is 6.15. The first-order valence-corrected chi connectivity index (χ1v) is 12.8. The summed E-state index contributed by atoms with van der Waals surface area (Å²) in [7, 11) is 31.1. The van der Waals surface area contributed by atoms with Crippen molar-refractivity contribution in [3.05, 3.63) is 0 Å². The molecule has 0 aromatic carbocycles. The smallest absolute Gasteiger partial charge is 0.0718 e. The first-order valence-electron chi connectivity index (χ1n) is 12.8. The fourth-order valence-electron chi connectivity index (χ4n) is 4.25. The monoisotopic (exact) mass is 326 g/mol. The molecule has 0 aliphatic heterocycles. The van der Waals surface area contributed by atoms with E-state index < -0.39 is 0 Å². The van der Waals surface area contributed by atoms with Crippen molar-refractivity contribution in [2.45, 2.75) is 38.3 Å². The Morgan fingerprint density at radius 3 is 1.31 bits per heavy atom. The van der Waals surface area contributed by atoms with E-state index in [1.807, 2.05) is 0 Å². The number of rotatable bonds is 22. The highest BCUT2D eigenvalue weighted by atomic mass is 13.9. The van der Waals surface area contributed by atoms with E-state index in [2.05, 4.69) is 22.4 Å². The van der Waals surface area contributed by atoms with E-state index in [1.165, 1.54) is 153 Å². The minimum Gasteiger partial charge on any atom is -0.104 e. The van der Waals surface area contributed by atoms with Crippen molar-refractivity contribution in [3.8, 4) is 0 Å². The Bertz CT molecular complexity index is 232. The fourth-order valence-corrected chi connectivity index (χ4v) is 4.25. The quantitative estimate of drug-likeness (QED) is 0.137. The van der Waals surface area contributed by atoms with Crippen molar-refractivity contribution in [3.63, 3.8) is 0 Å². The third kappa shape index (κ3) is 21.6. The maximum Gasteiger partial charge on any atom is 0.0718 e. The highest BCUT2D eigenvalue weighted by molar-refractivity contribution is 7.70. The summed E-state index contributed by atoms with van der Waals surface area (Å²) >= 11 is 0. The van der Waals surface area contributed by atoms with Gasteiger partial charge < -0.3 is 0 Å². The van der Waals surface area contributed by atoms with E-state index in [0.29, 0.717) is 0 Å². The lowest BCUT2D eigenvalue weighted by atomic mass is 8.87. The van der Waals surface area contributed by atoms with Crippen LogP contribution in [0.5, 0.6) is 0 Å². The molecule has 0 unspecified atom stereocenters. The van der Waals surface area contributed by atoms with E-state index in [1.54, 1.807) is 0 Å². The van der Waals surface area contributed by atoms with Crippen LogP contribution in [0.3, 0.4) is 0 Å². The third-order valence-corrected chi connectivity index (χ3v) is 6.15. The molecule has 0 N–H and O–H groups in total. The Labute approximate surface area is 180 Å². The van der Waals surface area contributed by atoms with Crippen LogP contribution >= 0.6 is 0 Å². The van der Waals surface area contributed by atoms with Crippen LogP contribution in [0.4, 0.5) is 0 Å². The van der Waals surface area contributed by atoms with Gasteiger partial charge in [0.2, 0.25) is 0 Å². The van der Waals surface area contributed by atoms with Crippen LogP contribution < -0.4 is 0 Å². The van der Waals surface area contributed by atoms with Gasteiger partial charge in [0.25, 0.3) is 0 Å². The van der Waals surface area contributed by atoms with E-state index >= 15 is 0 Å². The van der Waals surface area contributed by atoms with E-state index in [0.717, 1.165) is 5.72 Å². The molecule has 0 bridgehead atoms. The highest BCUT2D eigenvalue weighted by Crippen LogP contribution is 2.12. The predicted octanol–water partition coefficient (Wildman–Crippen LogP) is -11.1. The van der Waals surface area contributed by atoms with Gasteiger partial charge in [-0.1, -0.05) is 32.6 Å². The van der Waals surface area contributed by atoms with Gasteiger partial charge in [-0.3, -0.25) is 0 Å². The van der Waals surface area contributed by atoms with E-state index in [4.69, 9.17) is 0 Å². The van der Waals surface area contributed by atoms with Crippen LogP contribution in [0.2, 0.25) is 5.72 Å². The van der Waals surface area contributed by atoms with Crippen LogP contribution in [-0.2, 0) is 0 Å². The SMILES string of the molecule is BBBBBBBBBBC(BBBBBBBBBB)CCCCC. The lowest BCUT2D eigenvalue weighted by Crippen LogP contribution is -2.35. The molecule has 0 aliphatic carbocycles. The molecule has 20 heteroatoms. The summed E-state index contributed by atoms with van der Waals surface area (Å²) in [5.41, 5.74) is 1.04. The van der Waals surface area contributed by atoms with Crippen molar-refractivity contribution in [1.82, 2.24) is 0 Å². The highest BCUT2D eigenvalue weighted by Gasteiger charge is 2.13. The second-order valence-electron chi connectivity index (χ2n) is 8.89. The summed E-state index contributed by atoms with van der Waals surface area (Å²) in [5, 5.41) is 0. The minimum absolute atomic E-state index is 1.04. The van der Waals surface area contributed by atoms with Crippen LogP contribution in [-0.4, -0.2) is 143 Å². The zero-order chi connectivity index (χ0) is 19.1. The normalized spacial score (nSPS) is 8.69. The van der Waals surface area contributed by atoms with E-state index in [-0.39, 0.29) is 0 Å². The van der Waals surface area contributed by atoms with Crippen LogP contribution in [0.15, 0.2) is 0 Å². The van der Waals surface area contributed by atoms with Gasteiger partial charge in [0.05, 0.1) is 29.8 Å². The molecule has 0 fully saturated rings. The average molecular weight is 323 g/mol. The maximum atomic E-state index is 2.34. The number of unbranched alkanes of at least 4 members (excludes halogenated alkanes) is 2. The molecule has 0 rings (SSSR count). The Hall–Kier alpha value is 1.30. The van der Waals surface area contributed by atoms with Crippen LogP contribution in [0.1, 0.15) is 32.6 Å². The topological polar surface area (TPSA) is 0 Å². The zero-order valence-corrected chi connectivity index (χ0v) is 19.1. The molecule has 0 amide bonds. The van der Waals surface area contributed by atoms with Gasteiger partial charge in [0.15, 0.2) is 0 Å². The number of hydrogen-bond acceptors (Lipinski definition) is 0. The average Bonchev–Trinajstić information content (AvgIpc) is 2.65. The van der Waals surface area contributed by atoms with Crippen LogP contribution in [0.25, 0.3) is 0 Å². The Morgan fingerprint density at radius 1 is 0.538 bits per heavy atom. The van der Waals surface area contributed by atoms with Gasteiger partial charge in [0.1, 0.15) is 0 Å².